The van der Waals surface area contributed by atoms with Crippen LogP contribution >= 0.6 is 7.82 Å². The Hall–Kier alpha value is -1.02. The zero-order valence-corrected chi connectivity index (χ0v) is 50.5. The van der Waals surface area contributed by atoms with E-state index in [1.54, 1.807) is 0 Å². The van der Waals surface area contributed by atoms with E-state index in [0.717, 1.165) is 44.9 Å². The van der Waals surface area contributed by atoms with Crippen LogP contribution in [0, 0.1) is 0 Å². The van der Waals surface area contributed by atoms with Gasteiger partial charge >= 0.3 is 0 Å². The van der Waals surface area contributed by atoms with Crippen molar-refractivity contribution >= 4 is 13.7 Å². The number of unbranched alkanes of at least 4 members (excludes halogenated alkanes) is 43. The minimum atomic E-state index is -4.58. The second kappa shape index (κ2) is 55.7. The Morgan fingerprint density at radius 2 is 0.795 bits per heavy atom. The summed E-state index contributed by atoms with van der Waals surface area (Å²) in [6.07, 6.45) is 70.8. The number of quaternary nitrogens is 1. The highest BCUT2D eigenvalue weighted by Crippen LogP contribution is 2.38. The van der Waals surface area contributed by atoms with Crippen molar-refractivity contribution in [2.45, 2.75) is 341 Å². The van der Waals surface area contributed by atoms with Gasteiger partial charge < -0.3 is 28.8 Å². The number of likely N-dealkylation sites (N-methyl/N-ethyl adjacent to an activating group) is 1. The molecule has 0 heterocycles. The standard InChI is InChI=1S/C64H127N2O6P/c1-6-8-10-12-14-16-18-20-22-24-26-28-30-32-33-34-36-38-40-42-44-46-48-50-52-54-56-58-64(68)65-62(61-72-73(69,70)71-60-59-66(3,4)5)63(67)57-55-53-51-49-47-45-43-41-39-37-35-31-29-27-25-23-21-19-17-15-13-11-9-7-2/h26,28,32-33,62-63,67H,6-25,27,29-31,34-61H2,1-5H3,(H-,65,68,69,70)/b28-26-,33-32-. The summed E-state index contributed by atoms with van der Waals surface area (Å²) in [6, 6.07) is -0.802. The average molecular weight is 1050 g/mol. The summed E-state index contributed by atoms with van der Waals surface area (Å²) < 4.78 is 23.5. The van der Waals surface area contributed by atoms with Crippen LogP contribution in [0.5, 0.6) is 0 Å². The Morgan fingerprint density at radius 3 is 1.14 bits per heavy atom. The maximum atomic E-state index is 13.0. The molecule has 3 atom stereocenters. The second-order valence-electron chi connectivity index (χ2n) is 23.5. The molecule has 0 aliphatic carbocycles. The third-order valence-electron chi connectivity index (χ3n) is 14.9. The van der Waals surface area contributed by atoms with Gasteiger partial charge in [0, 0.05) is 6.42 Å². The van der Waals surface area contributed by atoms with E-state index in [0.29, 0.717) is 23.9 Å². The quantitative estimate of drug-likeness (QED) is 0.0272. The zero-order valence-electron chi connectivity index (χ0n) is 49.6. The van der Waals surface area contributed by atoms with Crippen molar-refractivity contribution < 1.29 is 32.9 Å². The van der Waals surface area contributed by atoms with Crippen LogP contribution in [0.2, 0.25) is 0 Å². The number of allylic oxidation sites excluding steroid dienone is 4. The molecule has 0 aromatic heterocycles. The zero-order chi connectivity index (χ0) is 53.5. The number of aliphatic hydroxyl groups excluding tert-OH is 1. The second-order valence-corrected chi connectivity index (χ2v) is 24.9. The number of phosphoric acid groups is 1. The van der Waals surface area contributed by atoms with E-state index in [2.05, 4.69) is 43.5 Å². The molecule has 0 saturated carbocycles. The van der Waals surface area contributed by atoms with Crippen molar-refractivity contribution in [2.24, 2.45) is 0 Å². The molecule has 3 unspecified atom stereocenters. The van der Waals surface area contributed by atoms with Gasteiger partial charge in [-0.05, 0) is 44.9 Å². The molecule has 434 valence electrons. The molecule has 0 bridgehead atoms. The largest absolute Gasteiger partial charge is 0.756 e. The van der Waals surface area contributed by atoms with Crippen molar-refractivity contribution in [3.05, 3.63) is 24.3 Å². The van der Waals surface area contributed by atoms with Crippen LogP contribution < -0.4 is 10.2 Å². The van der Waals surface area contributed by atoms with Gasteiger partial charge in [0.05, 0.1) is 39.9 Å². The molecule has 1 amide bonds. The average Bonchev–Trinajstić information content (AvgIpc) is 3.35. The Morgan fingerprint density at radius 1 is 0.479 bits per heavy atom. The lowest BCUT2D eigenvalue weighted by atomic mass is 10.0. The fourth-order valence-corrected chi connectivity index (χ4v) is 10.6. The molecule has 0 radical (unpaired) electrons. The van der Waals surface area contributed by atoms with Gasteiger partial charge in [-0.25, -0.2) is 0 Å². The SMILES string of the molecule is CCCCCCCCCCC/C=C\C/C=C\CCCCCCCCCCCCCC(=O)NC(COP(=O)([O-])OCC[N+](C)(C)C)C(O)CCCCCCCCCCCCCCCCCCCCCCCCCC. The molecular formula is C64H127N2O6P. The van der Waals surface area contributed by atoms with Crippen molar-refractivity contribution in [1.29, 1.82) is 0 Å². The topological polar surface area (TPSA) is 108 Å². The van der Waals surface area contributed by atoms with Gasteiger partial charge in [-0.15, -0.1) is 0 Å². The number of phosphoric ester groups is 1. The first-order valence-corrected chi connectivity index (χ1v) is 33.6. The van der Waals surface area contributed by atoms with Crippen molar-refractivity contribution in [1.82, 2.24) is 5.32 Å². The highest BCUT2D eigenvalue weighted by atomic mass is 31.2. The first-order chi connectivity index (χ1) is 35.5. The first kappa shape index (κ1) is 72.0. The Bertz CT molecular complexity index is 1240. The van der Waals surface area contributed by atoms with E-state index in [4.69, 9.17) is 9.05 Å². The van der Waals surface area contributed by atoms with Crippen LogP contribution in [0.1, 0.15) is 328 Å². The van der Waals surface area contributed by atoms with Crippen LogP contribution in [0.15, 0.2) is 24.3 Å². The van der Waals surface area contributed by atoms with E-state index in [1.807, 2.05) is 21.1 Å². The van der Waals surface area contributed by atoms with Crippen molar-refractivity contribution in [2.75, 3.05) is 40.9 Å². The summed E-state index contributed by atoms with van der Waals surface area (Å²) in [7, 11) is 1.32. The van der Waals surface area contributed by atoms with Crippen LogP contribution in [0.25, 0.3) is 0 Å². The number of hydrogen-bond donors (Lipinski definition) is 2. The van der Waals surface area contributed by atoms with E-state index >= 15 is 0 Å². The van der Waals surface area contributed by atoms with Gasteiger partial charge in [0.25, 0.3) is 7.82 Å². The molecule has 0 aromatic carbocycles. The Labute approximate surface area is 455 Å². The molecule has 0 aromatic rings. The summed E-state index contributed by atoms with van der Waals surface area (Å²) in [6.45, 7) is 4.77. The molecule has 0 spiro atoms. The number of carbonyl (C=O) groups is 1. The van der Waals surface area contributed by atoms with E-state index < -0.39 is 20.0 Å². The number of rotatable bonds is 60. The summed E-state index contributed by atoms with van der Waals surface area (Å²) in [5.74, 6) is -0.161. The van der Waals surface area contributed by atoms with Crippen LogP contribution in [0.4, 0.5) is 0 Å². The van der Waals surface area contributed by atoms with Gasteiger partial charge in [0.15, 0.2) is 0 Å². The lowest BCUT2D eigenvalue weighted by Gasteiger charge is -2.30. The number of amides is 1. The molecule has 0 aliphatic rings. The normalized spacial score (nSPS) is 13.9. The Balaban J connectivity index is 4.09. The van der Waals surface area contributed by atoms with Crippen LogP contribution in [0.3, 0.4) is 0 Å². The highest BCUT2D eigenvalue weighted by Gasteiger charge is 2.24. The van der Waals surface area contributed by atoms with Gasteiger partial charge in [-0.1, -0.05) is 301 Å². The predicted octanol–water partition coefficient (Wildman–Crippen LogP) is 19.3. The fourth-order valence-electron chi connectivity index (χ4n) is 9.90. The molecule has 8 nitrogen and oxygen atoms in total. The number of carbonyl (C=O) groups excluding carboxylic acids is 1. The summed E-state index contributed by atoms with van der Waals surface area (Å²) in [5.41, 5.74) is 0. The van der Waals surface area contributed by atoms with Gasteiger partial charge in [0.1, 0.15) is 13.2 Å². The lowest BCUT2D eigenvalue weighted by Crippen LogP contribution is -2.46. The molecular weight excluding hydrogens is 924 g/mol. The van der Waals surface area contributed by atoms with E-state index in [9.17, 15) is 19.4 Å². The molecule has 0 fully saturated rings. The minimum Gasteiger partial charge on any atom is -0.756 e. The molecule has 9 heteroatoms. The number of hydrogen-bond acceptors (Lipinski definition) is 6. The summed E-state index contributed by atoms with van der Waals surface area (Å²) in [4.78, 5) is 25.6. The molecule has 2 N–H and O–H groups in total. The first-order valence-electron chi connectivity index (χ1n) is 32.2. The van der Waals surface area contributed by atoms with Gasteiger partial charge in [0.2, 0.25) is 5.91 Å². The number of nitrogens with zero attached hydrogens (tertiary/aromatic N) is 1. The van der Waals surface area contributed by atoms with E-state index in [-0.39, 0.29) is 19.1 Å². The molecule has 0 aliphatic heterocycles. The highest BCUT2D eigenvalue weighted by molar-refractivity contribution is 7.45. The summed E-state index contributed by atoms with van der Waals surface area (Å²) >= 11 is 0. The molecule has 0 saturated heterocycles. The smallest absolute Gasteiger partial charge is 0.268 e. The van der Waals surface area contributed by atoms with E-state index in [1.165, 1.54) is 257 Å². The maximum Gasteiger partial charge on any atom is 0.268 e. The predicted molar refractivity (Wildman–Crippen MR) is 316 cm³/mol. The third kappa shape index (κ3) is 58.5. The lowest BCUT2D eigenvalue weighted by molar-refractivity contribution is -0.870. The summed E-state index contributed by atoms with van der Waals surface area (Å²) in [5, 5.41) is 14.1. The van der Waals surface area contributed by atoms with Gasteiger partial charge in [-0.2, -0.15) is 0 Å². The number of aliphatic hydroxyl groups is 1. The van der Waals surface area contributed by atoms with Crippen molar-refractivity contribution in [3.8, 4) is 0 Å². The maximum absolute atomic E-state index is 13.0. The Kier molecular flexibility index (Phi) is 54.9. The minimum absolute atomic E-state index is 0.0134. The molecule has 0 rings (SSSR count). The van der Waals surface area contributed by atoms with Crippen molar-refractivity contribution in [3.63, 3.8) is 0 Å². The molecule has 73 heavy (non-hydrogen) atoms. The monoisotopic (exact) mass is 1050 g/mol. The van der Waals surface area contributed by atoms with Crippen LogP contribution in [-0.2, 0) is 18.4 Å². The van der Waals surface area contributed by atoms with Gasteiger partial charge in [-0.3, -0.25) is 9.36 Å². The fraction of sp³-hybridized carbons (Fsp3) is 0.922. The van der Waals surface area contributed by atoms with Crippen LogP contribution in [-0.4, -0.2) is 68.5 Å². The third-order valence-corrected chi connectivity index (χ3v) is 15.9. The number of nitrogens with one attached hydrogen (secondary N) is 1.